The molecule has 0 N–H and O–H groups in total. The summed E-state index contributed by atoms with van der Waals surface area (Å²) in [5, 5.41) is -0.0285. The summed E-state index contributed by atoms with van der Waals surface area (Å²) in [4.78, 5) is 6.84. The first kappa shape index (κ1) is 20.8. The number of aromatic nitrogens is 2. The number of rotatable bonds is 7. The van der Waals surface area contributed by atoms with Gasteiger partial charge in [0.25, 0.3) is 0 Å². The zero-order chi connectivity index (χ0) is 19.3. The number of hydrogen-bond acceptors (Lipinski definition) is 5. The maximum absolute atomic E-state index is 13.3. The van der Waals surface area contributed by atoms with E-state index >= 15 is 0 Å². The molecule has 0 amide bonds. The van der Waals surface area contributed by atoms with Gasteiger partial charge in [0.2, 0.25) is 15.0 Å². The first-order valence-electron chi connectivity index (χ1n) is 10.5. The average molecular weight is 398 g/mol. The Balaban J connectivity index is 1.82. The summed E-state index contributed by atoms with van der Waals surface area (Å²) in [6.45, 7) is 6.24. The van der Waals surface area contributed by atoms with Gasteiger partial charge in [-0.2, -0.15) is 0 Å². The molecule has 0 aromatic carbocycles. The second-order valence-electron chi connectivity index (χ2n) is 8.29. The topological polar surface area (TPSA) is 64.4 Å². The van der Waals surface area contributed by atoms with E-state index in [1.165, 1.54) is 12.8 Å². The van der Waals surface area contributed by atoms with Gasteiger partial charge in [0.1, 0.15) is 0 Å². The number of ether oxygens (including phenoxy) is 1. The van der Waals surface area contributed by atoms with Crippen molar-refractivity contribution in [2.45, 2.75) is 81.8 Å². The third kappa shape index (κ3) is 5.12. The zero-order valence-electron chi connectivity index (χ0n) is 16.9. The lowest BCUT2D eigenvalue weighted by Crippen LogP contribution is -2.33. The second kappa shape index (κ2) is 9.52. The van der Waals surface area contributed by atoms with E-state index in [1.54, 1.807) is 13.3 Å². The Labute approximate surface area is 164 Å². The Morgan fingerprint density at radius 1 is 1.11 bits per heavy atom. The number of sulfone groups is 1. The molecule has 0 unspecified atom stereocenters. The summed E-state index contributed by atoms with van der Waals surface area (Å²) in [5.41, 5.74) is 0.994. The normalized spacial score (nSPS) is 21.4. The lowest BCUT2D eigenvalue weighted by molar-refractivity contribution is 0.169. The molecule has 6 nitrogen and oxygen atoms in total. The molecule has 1 aromatic heterocycles. The van der Waals surface area contributed by atoms with Gasteiger partial charge in [-0.05, 0) is 44.7 Å². The number of piperidine rings is 1. The Morgan fingerprint density at radius 3 is 2.41 bits per heavy atom. The Bertz CT molecular complexity index is 685. The van der Waals surface area contributed by atoms with Crippen molar-refractivity contribution in [1.82, 2.24) is 14.5 Å². The number of nitrogens with zero attached hydrogens (tertiary/aromatic N) is 3. The zero-order valence-corrected chi connectivity index (χ0v) is 17.7. The highest BCUT2D eigenvalue weighted by atomic mass is 32.2. The van der Waals surface area contributed by atoms with Crippen LogP contribution in [0.5, 0.6) is 0 Å². The minimum Gasteiger partial charge on any atom is -0.383 e. The van der Waals surface area contributed by atoms with Crippen molar-refractivity contribution in [3.05, 3.63) is 11.9 Å². The Kier molecular flexibility index (Phi) is 7.34. The number of hydrogen-bond donors (Lipinski definition) is 0. The molecule has 0 radical (unpaired) electrons. The summed E-state index contributed by atoms with van der Waals surface area (Å²) in [6.07, 6.45) is 10.0. The van der Waals surface area contributed by atoms with E-state index in [4.69, 9.17) is 4.74 Å². The van der Waals surface area contributed by atoms with Gasteiger partial charge in [-0.3, -0.25) is 4.90 Å². The minimum atomic E-state index is -3.40. The molecule has 0 spiro atoms. The monoisotopic (exact) mass is 397 g/mol. The van der Waals surface area contributed by atoms with Crippen molar-refractivity contribution in [2.75, 3.05) is 26.8 Å². The summed E-state index contributed by atoms with van der Waals surface area (Å²) in [6, 6.07) is 0. The fourth-order valence-corrected chi connectivity index (χ4v) is 6.29. The first-order chi connectivity index (χ1) is 13.0. The molecular weight excluding hydrogens is 362 g/mol. The SMILES string of the molecule is COCCn1c(CN2CCC(C)CC2)cnc1S(=O)(=O)C1CCCCCC1. The molecule has 27 heavy (non-hydrogen) atoms. The van der Waals surface area contributed by atoms with Crippen molar-refractivity contribution in [1.29, 1.82) is 0 Å². The van der Waals surface area contributed by atoms with E-state index in [1.807, 2.05) is 4.57 Å². The van der Waals surface area contributed by atoms with Gasteiger partial charge in [-0.15, -0.1) is 0 Å². The fraction of sp³-hybridized carbons (Fsp3) is 0.850. The smallest absolute Gasteiger partial charge is 0.228 e. The molecule has 2 fully saturated rings. The molecule has 1 saturated carbocycles. The molecule has 2 aliphatic rings. The number of imidazole rings is 1. The van der Waals surface area contributed by atoms with Crippen molar-refractivity contribution < 1.29 is 13.2 Å². The van der Waals surface area contributed by atoms with E-state index in [2.05, 4.69) is 16.8 Å². The van der Waals surface area contributed by atoms with Crippen LogP contribution < -0.4 is 0 Å². The van der Waals surface area contributed by atoms with Crippen LogP contribution in [0.4, 0.5) is 0 Å². The molecule has 1 aliphatic heterocycles. The predicted octanol–water partition coefficient (Wildman–Crippen LogP) is 3.26. The van der Waals surface area contributed by atoms with Crippen molar-refractivity contribution in [3.8, 4) is 0 Å². The Morgan fingerprint density at radius 2 is 1.78 bits per heavy atom. The predicted molar refractivity (Wildman–Crippen MR) is 106 cm³/mol. The highest BCUT2D eigenvalue weighted by Crippen LogP contribution is 2.28. The van der Waals surface area contributed by atoms with Crippen LogP contribution in [0.25, 0.3) is 0 Å². The number of methoxy groups -OCH3 is 1. The minimum absolute atomic E-state index is 0.256. The maximum Gasteiger partial charge on any atom is 0.228 e. The van der Waals surface area contributed by atoms with Crippen LogP contribution in [0.3, 0.4) is 0 Å². The van der Waals surface area contributed by atoms with Crippen molar-refractivity contribution in [3.63, 3.8) is 0 Å². The third-order valence-electron chi connectivity index (χ3n) is 6.18. The van der Waals surface area contributed by atoms with Crippen molar-refractivity contribution >= 4 is 9.84 Å². The van der Waals surface area contributed by atoms with Crippen LogP contribution in [0, 0.1) is 5.92 Å². The van der Waals surface area contributed by atoms with Crippen LogP contribution in [0.15, 0.2) is 11.4 Å². The first-order valence-corrected chi connectivity index (χ1v) is 12.1. The largest absolute Gasteiger partial charge is 0.383 e. The van der Waals surface area contributed by atoms with Crippen LogP contribution >= 0.6 is 0 Å². The molecule has 1 aromatic rings. The highest BCUT2D eigenvalue weighted by molar-refractivity contribution is 7.91. The van der Waals surface area contributed by atoms with E-state index in [-0.39, 0.29) is 10.4 Å². The molecule has 154 valence electrons. The van der Waals surface area contributed by atoms with Gasteiger partial charge < -0.3 is 9.30 Å². The van der Waals surface area contributed by atoms with Gasteiger partial charge in [0.05, 0.1) is 23.7 Å². The molecule has 0 bridgehead atoms. The van der Waals surface area contributed by atoms with Gasteiger partial charge in [-0.1, -0.05) is 32.6 Å². The molecule has 2 heterocycles. The fourth-order valence-electron chi connectivity index (χ4n) is 4.32. The van der Waals surface area contributed by atoms with Gasteiger partial charge >= 0.3 is 0 Å². The highest BCUT2D eigenvalue weighted by Gasteiger charge is 2.33. The van der Waals surface area contributed by atoms with Gasteiger partial charge in [-0.25, -0.2) is 13.4 Å². The van der Waals surface area contributed by atoms with E-state index in [9.17, 15) is 8.42 Å². The van der Waals surface area contributed by atoms with E-state index < -0.39 is 9.84 Å². The molecule has 1 saturated heterocycles. The molecule has 0 atom stereocenters. The molecule has 7 heteroatoms. The summed E-state index contributed by atoms with van der Waals surface area (Å²) < 4.78 is 33.8. The second-order valence-corrected chi connectivity index (χ2v) is 10.4. The van der Waals surface area contributed by atoms with Crippen LogP contribution in [0.1, 0.15) is 64.0 Å². The summed E-state index contributed by atoms with van der Waals surface area (Å²) in [5.74, 6) is 0.783. The number of likely N-dealkylation sites (tertiary alicyclic amines) is 1. The van der Waals surface area contributed by atoms with Crippen molar-refractivity contribution in [2.24, 2.45) is 5.92 Å². The molecule has 3 rings (SSSR count). The van der Waals surface area contributed by atoms with Crippen LogP contribution in [-0.2, 0) is 27.7 Å². The molecular formula is C20H35N3O3S. The van der Waals surface area contributed by atoms with E-state index in [0.717, 1.165) is 69.8 Å². The quantitative estimate of drug-likeness (QED) is 0.661. The van der Waals surface area contributed by atoms with Gasteiger partial charge in [0.15, 0.2) is 0 Å². The standard InChI is InChI=1S/C20H35N3O3S/c1-17-9-11-22(12-10-17)16-18-15-21-20(23(18)13-14-26-2)27(24,25)19-7-5-3-4-6-8-19/h15,17,19H,3-14,16H2,1-2H3. The van der Waals surface area contributed by atoms with Crippen LogP contribution in [-0.4, -0.2) is 54.9 Å². The maximum atomic E-state index is 13.3. The van der Waals surface area contributed by atoms with Crippen LogP contribution in [0.2, 0.25) is 0 Å². The summed E-state index contributed by atoms with van der Waals surface area (Å²) in [7, 11) is -1.74. The Hall–Kier alpha value is -0.920. The van der Waals surface area contributed by atoms with E-state index in [0.29, 0.717) is 13.2 Å². The average Bonchev–Trinajstić information content (AvgIpc) is 2.86. The third-order valence-corrected chi connectivity index (χ3v) is 8.36. The lowest BCUT2D eigenvalue weighted by Gasteiger charge is -2.30. The van der Waals surface area contributed by atoms with Gasteiger partial charge in [0, 0.05) is 20.2 Å². The molecule has 1 aliphatic carbocycles. The summed E-state index contributed by atoms with van der Waals surface area (Å²) >= 11 is 0. The lowest BCUT2D eigenvalue weighted by atomic mass is 9.99.